The molecule has 3 N–H and O–H groups in total. The van der Waals surface area contributed by atoms with Gasteiger partial charge in [0.2, 0.25) is 5.60 Å². The molecule has 0 rings (SSSR count). The van der Waals surface area contributed by atoms with Crippen LogP contribution in [0, 0.1) is 11.3 Å². The van der Waals surface area contributed by atoms with E-state index in [0.29, 0.717) is 25.7 Å². The monoisotopic (exact) mass is 977 g/mol. The van der Waals surface area contributed by atoms with E-state index in [2.05, 4.69) is 20.8 Å². The number of ether oxygens (including phenoxy) is 1. The number of hydrogen-bond acceptors (Lipinski definition) is 5. The van der Waals surface area contributed by atoms with Gasteiger partial charge in [-0.2, -0.15) is 0 Å². The number of carbonyl (C=O) groups is 4. The first-order valence-corrected chi connectivity index (χ1v) is 30.5. The number of Topliss-reactive ketones (excluding diaryl/α,β-unsaturated/α-hetero) is 1. The minimum atomic E-state index is -2.72. The number of hydrogen-bond donors (Lipinski definition) is 3. The van der Waals surface area contributed by atoms with Crippen LogP contribution in [0.4, 0.5) is 0 Å². The minimum absolute atomic E-state index is 0.0342. The van der Waals surface area contributed by atoms with Crippen molar-refractivity contribution < 1.29 is 39.2 Å². The van der Waals surface area contributed by atoms with Crippen LogP contribution in [0.3, 0.4) is 0 Å². The average molecular weight is 978 g/mol. The molecule has 0 amide bonds. The van der Waals surface area contributed by atoms with Crippen LogP contribution in [-0.4, -0.2) is 51.2 Å². The zero-order valence-corrected chi connectivity index (χ0v) is 46.3. The SMILES string of the molecule is CCCCCCCCCCCCCCCCCOC(C(=O)O)(C(C(=O)O)C(=O)CCC)C(CCCCCCCCCCCCCCCCC)(CCCCCCCCCCCCCCCCC)C(=O)O. The highest BCUT2D eigenvalue weighted by Crippen LogP contribution is 2.50. The molecule has 0 aliphatic heterocycles. The molecule has 408 valence electrons. The second kappa shape index (κ2) is 48.3. The van der Waals surface area contributed by atoms with Gasteiger partial charge in [-0.15, -0.1) is 0 Å². The molecular formula is C61H116O8. The molecule has 2 unspecified atom stereocenters. The Morgan fingerprint density at radius 2 is 0.580 bits per heavy atom. The fraction of sp³-hybridized carbons (Fsp3) is 0.934. The van der Waals surface area contributed by atoms with E-state index in [1.807, 2.05) is 0 Å². The van der Waals surface area contributed by atoms with Gasteiger partial charge >= 0.3 is 17.9 Å². The Bertz CT molecular complexity index is 1150. The van der Waals surface area contributed by atoms with Crippen LogP contribution in [0.25, 0.3) is 0 Å². The van der Waals surface area contributed by atoms with E-state index in [-0.39, 0.29) is 25.9 Å². The highest BCUT2D eigenvalue weighted by Gasteiger charge is 2.69. The highest BCUT2D eigenvalue weighted by atomic mass is 16.5. The van der Waals surface area contributed by atoms with Crippen molar-refractivity contribution in [2.24, 2.45) is 11.3 Å². The predicted molar refractivity (Wildman–Crippen MR) is 291 cm³/mol. The molecule has 0 bridgehead atoms. The standard InChI is InChI=1S/C61H116O8/c1-5-9-12-15-18-21-24-27-30-33-36-39-42-45-48-52-60(58(65)66,53-49-46-43-40-37-34-31-28-25-22-19-16-13-10-6-2)61(59(67)68,56(57(63)64)55(62)51-8-4)69-54-50-47-44-41-38-35-32-29-26-23-20-17-14-11-7-3/h56H,5-54H2,1-4H3,(H,63,64)(H,65,66)(H,67,68). The third-order valence-electron chi connectivity index (χ3n) is 15.4. The predicted octanol–water partition coefficient (Wildman–Crippen LogP) is 19.4. The van der Waals surface area contributed by atoms with Crippen LogP contribution in [0.1, 0.15) is 342 Å². The first kappa shape index (κ1) is 67.0. The molecule has 8 nitrogen and oxygen atoms in total. The van der Waals surface area contributed by atoms with Gasteiger partial charge in [-0.1, -0.05) is 310 Å². The summed E-state index contributed by atoms with van der Waals surface area (Å²) in [6.07, 6.45) is 51.9. The maximum atomic E-state index is 14.0. The molecule has 0 heterocycles. The lowest BCUT2D eigenvalue weighted by molar-refractivity contribution is -0.219. The quantitative estimate of drug-likeness (QED) is 0.0405. The van der Waals surface area contributed by atoms with E-state index in [9.17, 15) is 34.5 Å². The van der Waals surface area contributed by atoms with Gasteiger partial charge in [0.1, 0.15) is 5.41 Å². The molecule has 0 aromatic carbocycles. The lowest BCUT2D eigenvalue weighted by Gasteiger charge is -2.47. The molecule has 2 atom stereocenters. The molecule has 0 spiro atoms. The zero-order chi connectivity index (χ0) is 50.9. The number of carboxylic acid groups (broad SMARTS) is 3. The third-order valence-corrected chi connectivity index (χ3v) is 15.4. The summed E-state index contributed by atoms with van der Waals surface area (Å²) in [4.78, 5) is 55.1. The summed E-state index contributed by atoms with van der Waals surface area (Å²) in [5.74, 6) is -7.47. The maximum absolute atomic E-state index is 14.0. The van der Waals surface area contributed by atoms with Gasteiger partial charge < -0.3 is 20.1 Å². The van der Waals surface area contributed by atoms with E-state index in [1.165, 1.54) is 193 Å². The maximum Gasteiger partial charge on any atom is 0.338 e. The highest BCUT2D eigenvalue weighted by molar-refractivity contribution is 6.06. The van der Waals surface area contributed by atoms with E-state index < -0.39 is 40.6 Å². The Hall–Kier alpha value is -1.96. The molecule has 0 aromatic heterocycles. The van der Waals surface area contributed by atoms with E-state index in [4.69, 9.17) is 4.74 Å². The Morgan fingerprint density at radius 3 is 0.797 bits per heavy atom. The molecule has 0 saturated carbocycles. The van der Waals surface area contributed by atoms with Gasteiger partial charge in [-0.25, -0.2) is 4.79 Å². The molecule has 0 aromatic rings. The summed E-state index contributed by atoms with van der Waals surface area (Å²) in [6.45, 7) is 8.42. The van der Waals surface area contributed by atoms with Crippen molar-refractivity contribution in [3.63, 3.8) is 0 Å². The van der Waals surface area contributed by atoms with Crippen LogP contribution in [-0.2, 0) is 23.9 Å². The zero-order valence-electron chi connectivity index (χ0n) is 46.3. The molecule has 0 saturated heterocycles. The number of ketones is 1. The molecule has 0 aliphatic carbocycles. The van der Waals surface area contributed by atoms with Gasteiger partial charge in [0.15, 0.2) is 11.7 Å². The van der Waals surface area contributed by atoms with E-state index in [0.717, 1.165) is 77.0 Å². The fourth-order valence-corrected chi connectivity index (χ4v) is 11.0. The van der Waals surface area contributed by atoms with Crippen molar-refractivity contribution in [1.82, 2.24) is 0 Å². The van der Waals surface area contributed by atoms with Crippen molar-refractivity contribution in [2.75, 3.05) is 6.61 Å². The first-order valence-electron chi connectivity index (χ1n) is 30.5. The van der Waals surface area contributed by atoms with Gasteiger partial charge in [0.05, 0.1) is 0 Å². The van der Waals surface area contributed by atoms with Gasteiger partial charge in [-0.05, 0) is 25.7 Å². The Labute approximate surface area is 427 Å². The van der Waals surface area contributed by atoms with Crippen LogP contribution in [0.15, 0.2) is 0 Å². The van der Waals surface area contributed by atoms with Crippen LogP contribution < -0.4 is 0 Å². The Morgan fingerprint density at radius 1 is 0.333 bits per heavy atom. The van der Waals surface area contributed by atoms with E-state index in [1.54, 1.807) is 6.92 Å². The Balaban J connectivity index is 5.79. The summed E-state index contributed by atoms with van der Waals surface area (Å²) in [7, 11) is 0. The summed E-state index contributed by atoms with van der Waals surface area (Å²) in [5.41, 5.74) is -4.80. The summed E-state index contributed by atoms with van der Waals surface area (Å²) < 4.78 is 6.39. The van der Waals surface area contributed by atoms with Crippen molar-refractivity contribution in [3.05, 3.63) is 0 Å². The second-order valence-electron chi connectivity index (χ2n) is 21.6. The van der Waals surface area contributed by atoms with E-state index >= 15 is 0 Å². The van der Waals surface area contributed by atoms with Gasteiger partial charge in [0.25, 0.3) is 0 Å². The number of carboxylic acids is 3. The minimum Gasteiger partial charge on any atom is -0.481 e. The summed E-state index contributed by atoms with van der Waals surface area (Å²) >= 11 is 0. The molecular weight excluding hydrogens is 861 g/mol. The molecule has 0 radical (unpaired) electrons. The van der Waals surface area contributed by atoms with Gasteiger partial charge in [0, 0.05) is 13.0 Å². The van der Waals surface area contributed by atoms with Crippen molar-refractivity contribution in [1.29, 1.82) is 0 Å². The lowest BCUT2D eigenvalue weighted by Crippen LogP contribution is -2.67. The first-order chi connectivity index (χ1) is 33.6. The molecule has 0 fully saturated rings. The molecule has 8 heteroatoms. The number of carbonyl (C=O) groups excluding carboxylic acids is 1. The van der Waals surface area contributed by atoms with Crippen molar-refractivity contribution in [2.45, 2.75) is 348 Å². The van der Waals surface area contributed by atoms with Crippen LogP contribution >= 0.6 is 0 Å². The van der Waals surface area contributed by atoms with Crippen molar-refractivity contribution >= 4 is 23.7 Å². The largest absolute Gasteiger partial charge is 0.481 e. The summed E-state index contributed by atoms with van der Waals surface area (Å²) in [5, 5.41) is 33.5. The average Bonchev–Trinajstić information content (AvgIpc) is 3.32. The topological polar surface area (TPSA) is 138 Å². The molecule has 0 aliphatic rings. The third kappa shape index (κ3) is 32.7. The van der Waals surface area contributed by atoms with Crippen LogP contribution in [0.5, 0.6) is 0 Å². The molecule has 69 heavy (non-hydrogen) atoms. The Kier molecular flexibility index (Phi) is 46.9. The van der Waals surface area contributed by atoms with Crippen LogP contribution in [0.2, 0.25) is 0 Å². The fourth-order valence-electron chi connectivity index (χ4n) is 11.0. The lowest BCUT2D eigenvalue weighted by atomic mass is 9.59. The normalized spacial score (nSPS) is 13.2. The number of unbranched alkanes of at least 4 members (excludes halogenated alkanes) is 42. The number of rotatable bonds is 57. The van der Waals surface area contributed by atoms with Crippen molar-refractivity contribution in [3.8, 4) is 0 Å². The summed E-state index contributed by atoms with van der Waals surface area (Å²) in [6, 6.07) is 0. The smallest absolute Gasteiger partial charge is 0.338 e. The second-order valence-corrected chi connectivity index (χ2v) is 21.6. The number of aliphatic carboxylic acids is 3. The van der Waals surface area contributed by atoms with Gasteiger partial charge in [-0.3, -0.25) is 14.4 Å².